The number of hydrogen-bond acceptors (Lipinski definition) is 3. The molecule has 0 amide bonds. The van der Waals surface area contributed by atoms with E-state index in [9.17, 15) is 9.59 Å². The van der Waals surface area contributed by atoms with E-state index in [2.05, 4.69) is 4.74 Å². The number of nitrogens with zero attached hydrogens (tertiary/aromatic N) is 1. The third kappa shape index (κ3) is 2.10. The van der Waals surface area contributed by atoms with Gasteiger partial charge in [0.05, 0.1) is 0 Å². The van der Waals surface area contributed by atoms with E-state index >= 15 is 0 Å². The van der Waals surface area contributed by atoms with Gasteiger partial charge in [0, 0.05) is 0 Å². The molecule has 0 aliphatic heterocycles. The van der Waals surface area contributed by atoms with Gasteiger partial charge in [-0.25, -0.2) is 0 Å². The topological polar surface area (TPSA) is 48.3 Å². The van der Waals surface area contributed by atoms with Crippen molar-refractivity contribution in [1.82, 2.24) is 3.56 Å². The first kappa shape index (κ1) is 11.2. The summed E-state index contributed by atoms with van der Waals surface area (Å²) < 4.78 is 7.37. The number of rotatable bonds is 3. The summed E-state index contributed by atoms with van der Waals surface area (Å²) in [7, 11) is 1.36. The summed E-state index contributed by atoms with van der Waals surface area (Å²) in [6, 6.07) is 7.58. The fourth-order valence-electron chi connectivity index (χ4n) is 1.46. The molecule has 0 saturated carbocycles. The second kappa shape index (κ2) is 4.68. The van der Waals surface area contributed by atoms with Gasteiger partial charge in [0.15, 0.2) is 0 Å². The number of fused-ring (bicyclic) bond motifs is 1. The zero-order valence-corrected chi connectivity index (χ0v) is 10.5. The van der Waals surface area contributed by atoms with Crippen LogP contribution in [0.4, 0.5) is 0 Å². The van der Waals surface area contributed by atoms with Crippen LogP contribution in [0.2, 0.25) is 0 Å². The van der Waals surface area contributed by atoms with Crippen LogP contribution in [0.25, 0.3) is 9.65 Å². The summed E-state index contributed by atoms with van der Waals surface area (Å²) in [5.74, 6) is -0.278. The Morgan fingerprint density at radius 2 is 2.19 bits per heavy atom. The Hall–Kier alpha value is -1.32. The Morgan fingerprint density at radius 1 is 1.44 bits per heavy atom. The van der Waals surface area contributed by atoms with Crippen molar-refractivity contribution < 1.29 is 9.53 Å². The van der Waals surface area contributed by atoms with Gasteiger partial charge in [-0.05, 0) is 0 Å². The van der Waals surface area contributed by atoms with E-state index in [-0.39, 0.29) is 32.7 Å². The van der Waals surface area contributed by atoms with Gasteiger partial charge < -0.3 is 0 Å². The number of benzene rings is 1. The number of aryl methyl sites for hydroxylation is 1. The Labute approximate surface area is 98.4 Å². The maximum absolute atomic E-state index is 11.9. The van der Waals surface area contributed by atoms with E-state index in [1.807, 2.05) is 24.3 Å². The quantitative estimate of drug-likeness (QED) is 0.613. The van der Waals surface area contributed by atoms with Crippen molar-refractivity contribution in [1.29, 1.82) is 0 Å². The molecule has 0 N–H and O–H groups in total. The van der Waals surface area contributed by atoms with Crippen LogP contribution in [-0.4, -0.2) is 31.4 Å². The molecule has 0 atom stereocenters. The van der Waals surface area contributed by atoms with Crippen molar-refractivity contribution >= 4 is 30.3 Å². The van der Waals surface area contributed by atoms with Crippen molar-refractivity contribution in [3.63, 3.8) is 0 Å². The standard InChI is InChI=1S/C11H11NO3Se/c1-15-10(13)6-7-12-11(14)8-4-2-3-5-9(8)16-12/h2-5H,6-7H2,1H3. The van der Waals surface area contributed by atoms with E-state index in [0.717, 1.165) is 9.65 Å². The zero-order chi connectivity index (χ0) is 11.5. The molecule has 0 unspecified atom stereocenters. The van der Waals surface area contributed by atoms with Gasteiger partial charge in [-0.2, -0.15) is 0 Å². The SMILES string of the molecule is COC(=O)CCn1[se]c2ccccc2c1=O. The van der Waals surface area contributed by atoms with E-state index in [1.165, 1.54) is 7.11 Å². The van der Waals surface area contributed by atoms with Crippen LogP contribution >= 0.6 is 0 Å². The van der Waals surface area contributed by atoms with Crippen LogP contribution < -0.4 is 5.56 Å². The minimum absolute atomic E-state index is 0.00168. The van der Waals surface area contributed by atoms with Gasteiger partial charge in [0.1, 0.15) is 0 Å². The average Bonchev–Trinajstić information content (AvgIpc) is 2.64. The predicted molar refractivity (Wildman–Crippen MR) is 61.8 cm³/mol. The van der Waals surface area contributed by atoms with Gasteiger partial charge in [-0.1, -0.05) is 0 Å². The van der Waals surface area contributed by atoms with Crippen molar-refractivity contribution in [2.24, 2.45) is 0 Å². The Bertz CT molecular complexity index is 570. The molecule has 0 radical (unpaired) electrons. The zero-order valence-electron chi connectivity index (χ0n) is 8.80. The van der Waals surface area contributed by atoms with Crippen LogP contribution in [-0.2, 0) is 16.1 Å². The van der Waals surface area contributed by atoms with Crippen molar-refractivity contribution in [3.05, 3.63) is 34.6 Å². The molecule has 1 aromatic heterocycles. The first-order valence-corrected chi connectivity index (χ1v) is 6.50. The predicted octanol–water partition coefficient (Wildman–Crippen LogP) is 0.622. The van der Waals surface area contributed by atoms with Gasteiger partial charge in [-0.15, -0.1) is 0 Å². The fourth-order valence-corrected chi connectivity index (χ4v) is 3.55. The third-order valence-corrected chi connectivity index (χ3v) is 4.65. The van der Waals surface area contributed by atoms with E-state index in [0.29, 0.717) is 6.54 Å². The Balaban J connectivity index is 2.28. The summed E-state index contributed by atoms with van der Waals surface area (Å²) in [5.41, 5.74) is 0.0273. The molecule has 2 rings (SSSR count). The number of carbonyl (C=O) groups is 1. The van der Waals surface area contributed by atoms with Crippen molar-refractivity contribution in [3.8, 4) is 0 Å². The van der Waals surface area contributed by atoms with Crippen LogP contribution in [0.15, 0.2) is 29.1 Å². The van der Waals surface area contributed by atoms with Gasteiger partial charge in [0.2, 0.25) is 0 Å². The summed E-state index contributed by atoms with van der Waals surface area (Å²) in [4.78, 5) is 22.9. The molecule has 0 saturated heterocycles. The van der Waals surface area contributed by atoms with Crippen LogP contribution in [0, 0.1) is 0 Å². The molecule has 0 bridgehead atoms. The summed E-state index contributed by atoms with van der Waals surface area (Å²) in [6.07, 6.45) is 0.262. The van der Waals surface area contributed by atoms with Crippen molar-refractivity contribution in [2.45, 2.75) is 13.0 Å². The number of esters is 1. The number of aromatic nitrogens is 1. The minimum atomic E-state index is -0.278. The summed E-state index contributed by atoms with van der Waals surface area (Å²) >= 11 is 0.00168. The monoisotopic (exact) mass is 285 g/mol. The second-order valence-corrected chi connectivity index (χ2v) is 5.55. The molecule has 0 fully saturated rings. The third-order valence-electron chi connectivity index (χ3n) is 2.30. The molecular weight excluding hydrogens is 273 g/mol. The molecule has 1 heterocycles. The first-order chi connectivity index (χ1) is 7.72. The van der Waals surface area contributed by atoms with E-state index in [1.54, 1.807) is 3.56 Å². The Morgan fingerprint density at radius 3 is 2.88 bits per heavy atom. The summed E-state index contributed by atoms with van der Waals surface area (Å²) in [5, 5.41) is 0.771. The second-order valence-electron chi connectivity index (χ2n) is 3.32. The molecule has 5 heteroatoms. The normalized spacial score (nSPS) is 10.6. The fraction of sp³-hybridized carbons (Fsp3) is 0.273. The van der Waals surface area contributed by atoms with E-state index in [4.69, 9.17) is 0 Å². The van der Waals surface area contributed by atoms with Crippen LogP contribution in [0.5, 0.6) is 0 Å². The Kier molecular flexibility index (Phi) is 3.27. The van der Waals surface area contributed by atoms with Crippen LogP contribution in [0.1, 0.15) is 6.42 Å². The number of ether oxygens (including phenoxy) is 1. The molecule has 1 aromatic carbocycles. The maximum atomic E-state index is 11.9. The van der Waals surface area contributed by atoms with E-state index < -0.39 is 0 Å². The van der Waals surface area contributed by atoms with Crippen molar-refractivity contribution in [2.75, 3.05) is 7.11 Å². The molecular formula is C11H11NO3Se. The number of methoxy groups -OCH3 is 1. The molecule has 0 aliphatic carbocycles. The molecule has 16 heavy (non-hydrogen) atoms. The van der Waals surface area contributed by atoms with Gasteiger partial charge in [-0.3, -0.25) is 0 Å². The van der Waals surface area contributed by atoms with Gasteiger partial charge >= 0.3 is 98.1 Å². The first-order valence-electron chi connectivity index (χ1n) is 4.88. The molecule has 84 valence electrons. The molecule has 0 spiro atoms. The van der Waals surface area contributed by atoms with Crippen LogP contribution in [0.3, 0.4) is 0 Å². The molecule has 4 nitrogen and oxygen atoms in total. The summed E-state index contributed by atoms with van der Waals surface area (Å²) in [6.45, 7) is 0.445. The number of carbonyl (C=O) groups excluding carboxylic acids is 1. The molecule has 2 aromatic rings. The number of hydrogen-bond donors (Lipinski definition) is 0. The average molecular weight is 284 g/mol. The molecule has 0 aliphatic rings. The van der Waals surface area contributed by atoms with Gasteiger partial charge in [0.25, 0.3) is 0 Å².